The van der Waals surface area contributed by atoms with E-state index in [0.29, 0.717) is 6.17 Å². The average Bonchev–Trinajstić information content (AvgIpc) is 3.43. The molecule has 2 heteroatoms. The second kappa shape index (κ2) is 34.7. The van der Waals surface area contributed by atoms with Crippen LogP contribution in [0.15, 0.2) is 12.4 Å². The molecule has 0 N–H and O–H groups in total. The minimum Gasteiger partial charge on any atom is -0.356 e. The second-order valence-electron chi connectivity index (χ2n) is 15.0. The van der Waals surface area contributed by atoms with E-state index in [4.69, 9.17) is 0 Å². The first-order valence-electron chi connectivity index (χ1n) is 21.5. The third kappa shape index (κ3) is 27.0. The van der Waals surface area contributed by atoms with Gasteiger partial charge in [0.1, 0.15) is 6.17 Å². The van der Waals surface area contributed by atoms with E-state index in [9.17, 15) is 0 Å². The maximum atomic E-state index is 2.73. The fourth-order valence-corrected chi connectivity index (χ4v) is 7.42. The van der Waals surface area contributed by atoms with Crippen molar-refractivity contribution >= 4 is 0 Å². The Bertz CT molecular complexity index is 586. The first-order chi connectivity index (χ1) is 22.3. The van der Waals surface area contributed by atoms with Crippen LogP contribution >= 0.6 is 0 Å². The Morgan fingerprint density at radius 2 is 0.511 bits per heavy atom. The van der Waals surface area contributed by atoms with Crippen LogP contribution < -0.4 is 0 Å². The monoisotopic (exact) mass is 631 g/mol. The lowest BCUT2D eigenvalue weighted by Crippen LogP contribution is -2.39. The van der Waals surface area contributed by atoms with Gasteiger partial charge in [-0.05, 0) is 25.7 Å². The van der Waals surface area contributed by atoms with E-state index in [1.54, 1.807) is 0 Å². The quantitative estimate of drug-likeness (QED) is 0.0630. The van der Waals surface area contributed by atoms with E-state index in [1.807, 2.05) is 0 Å². The van der Waals surface area contributed by atoms with Crippen LogP contribution in [0.5, 0.6) is 0 Å². The maximum Gasteiger partial charge on any atom is 0.101 e. The van der Waals surface area contributed by atoms with Crippen molar-refractivity contribution in [2.24, 2.45) is 0 Å². The average molecular weight is 631 g/mol. The van der Waals surface area contributed by atoms with Gasteiger partial charge in [-0.2, -0.15) is 0 Å². The molecule has 0 fully saturated rings. The number of hydrogen-bond donors (Lipinski definition) is 0. The van der Waals surface area contributed by atoms with Gasteiger partial charge in [0.25, 0.3) is 0 Å². The van der Waals surface area contributed by atoms with Gasteiger partial charge in [0.2, 0.25) is 0 Å². The van der Waals surface area contributed by atoms with E-state index < -0.39 is 0 Å². The first-order valence-corrected chi connectivity index (χ1v) is 21.5. The summed E-state index contributed by atoms with van der Waals surface area (Å²) in [5.41, 5.74) is 0. The topological polar surface area (TPSA) is 6.48 Å². The van der Waals surface area contributed by atoms with Gasteiger partial charge in [-0.25, -0.2) is 0 Å². The number of nitrogens with zero attached hydrogens (tertiary/aromatic N) is 2. The molecule has 2 nitrogen and oxygen atoms in total. The lowest BCUT2D eigenvalue weighted by atomic mass is 10.0. The van der Waals surface area contributed by atoms with Gasteiger partial charge in [-0.15, -0.1) is 0 Å². The van der Waals surface area contributed by atoms with Crippen molar-refractivity contribution in [3.63, 3.8) is 0 Å². The van der Waals surface area contributed by atoms with Gasteiger partial charge in [0, 0.05) is 25.5 Å². The van der Waals surface area contributed by atoms with Crippen LogP contribution in [0.25, 0.3) is 0 Å². The van der Waals surface area contributed by atoms with Gasteiger partial charge in [-0.1, -0.05) is 220 Å². The zero-order valence-electron chi connectivity index (χ0n) is 31.8. The molecular formula is C43H86N2. The van der Waals surface area contributed by atoms with Crippen molar-refractivity contribution in [3.8, 4) is 0 Å². The maximum absolute atomic E-state index is 2.73. The van der Waals surface area contributed by atoms with E-state index in [2.05, 4.69) is 43.0 Å². The SMILES string of the molecule is CCCCCCCCCCCCCCCC1N(CCCCCCCCCCCC)C=CN1CCCCCCCCCCCCC. The van der Waals surface area contributed by atoms with Crippen molar-refractivity contribution in [2.75, 3.05) is 13.1 Å². The molecule has 0 saturated heterocycles. The van der Waals surface area contributed by atoms with Crippen molar-refractivity contribution in [3.05, 3.63) is 12.4 Å². The molecule has 0 spiro atoms. The summed E-state index contributed by atoms with van der Waals surface area (Å²) in [6.07, 6.45) is 55.9. The Morgan fingerprint density at radius 1 is 0.289 bits per heavy atom. The van der Waals surface area contributed by atoms with Gasteiger partial charge < -0.3 is 9.80 Å². The summed E-state index contributed by atoms with van der Waals surface area (Å²) in [7, 11) is 0. The normalized spacial score (nSPS) is 14.8. The molecule has 0 saturated carbocycles. The fraction of sp³-hybridized carbons (Fsp3) is 0.953. The lowest BCUT2D eigenvalue weighted by Gasteiger charge is -2.33. The van der Waals surface area contributed by atoms with Gasteiger partial charge in [-0.3, -0.25) is 0 Å². The number of rotatable bonds is 37. The Kier molecular flexibility index (Phi) is 32.6. The van der Waals surface area contributed by atoms with E-state index in [0.717, 1.165) is 0 Å². The van der Waals surface area contributed by atoms with Gasteiger partial charge in [0.05, 0.1) is 0 Å². The highest BCUT2D eigenvalue weighted by Gasteiger charge is 2.24. The van der Waals surface area contributed by atoms with Gasteiger partial charge in [0.15, 0.2) is 0 Å². The summed E-state index contributed by atoms with van der Waals surface area (Å²) in [5, 5.41) is 0. The lowest BCUT2D eigenvalue weighted by molar-refractivity contribution is 0.135. The fourth-order valence-electron chi connectivity index (χ4n) is 7.42. The summed E-state index contributed by atoms with van der Waals surface area (Å²) in [6, 6.07) is 0. The molecule has 1 aliphatic rings. The smallest absolute Gasteiger partial charge is 0.101 e. The molecule has 0 aromatic heterocycles. The highest BCUT2D eigenvalue weighted by Crippen LogP contribution is 2.24. The predicted octanol–water partition coefficient (Wildman–Crippen LogP) is 15.1. The third-order valence-corrected chi connectivity index (χ3v) is 10.6. The third-order valence-electron chi connectivity index (χ3n) is 10.6. The Balaban J connectivity index is 2.22. The standard InChI is InChI=1S/C43H86N2/c1-4-7-10-13-16-19-22-23-24-26-29-32-35-38-43-44(39-36-33-30-27-21-18-15-12-9-6-3)41-42-45(43)40-37-34-31-28-25-20-17-14-11-8-5-2/h41-43H,4-40H2,1-3H3. The first kappa shape index (κ1) is 42.4. The summed E-state index contributed by atoms with van der Waals surface area (Å²) in [5.74, 6) is 0. The van der Waals surface area contributed by atoms with E-state index in [1.165, 1.54) is 238 Å². The van der Waals surface area contributed by atoms with Crippen molar-refractivity contribution in [1.82, 2.24) is 9.80 Å². The molecule has 1 aliphatic heterocycles. The Morgan fingerprint density at radius 3 is 0.778 bits per heavy atom. The zero-order chi connectivity index (χ0) is 32.3. The number of unbranched alkanes of at least 4 members (excludes halogenated alkanes) is 31. The molecule has 1 rings (SSSR count). The summed E-state index contributed by atoms with van der Waals surface area (Å²) >= 11 is 0. The Hall–Kier alpha value is -0.660. The van der Waals surface area contributed by atoms with Crippen LogP contribution in [-0.2, 0) is 0 Å². The largest absolute Gasteiger partial charge is 0.356 e. The molecule has 1 unspecified atom stereocenters. The molecule has 1 heterocycles. The predicted molar refractivity (Wildman–Crippen MR) is 205 cm³/mol. The zero-order valence-corrected chi connectivity index (χ0v) is 31.8. The summed E-state index contributed by atoms with van der Waals surface area (Å²) < 4.78 is 0. The van der Waals surface area contributed by atoms with Crippen LogP contribution in [0, 0.1) is 0 Å². The summed E-state index contributed by atoms with van der Waals surface area (Å²) in [4.78, 5) is 5.45. The highest BCUT2D eigenvalue weighted by molar-refractivity contribution is 4.97. The van der Waals surface area contributed by atoms with Crippen LogP contribution in [0.4, 0.5) is 0 Å². The number of hydrogen-bond acceptors (Lipinski definition) is 2. The van der Waals surface area contributed by atoms with Gasteiger partial charge >= 0.3 is 0 Å². The molecule has 1 atom stereocenters. The van der Waals surface area contributed by atoms with Crippen LogP contribution in [0.1, 0.15) is 245 Å². The van der Waals surface area contributed by atoms with Crippen LogP contribution in [-0.4, -0.2) is 29.1 Å². The van der Waals surface area contributed by atoms with Crippen molar-refractivity contribution in [1.29, 1.82) is 0 Å². The minimum atomic E-state index is 0.638. The molecule has 0 amide bonds. The van der Waals surface area contributed by atoms with Crippen molar-refractivity contribution in [2.45, 2.75) is 252 Å². The molecule has 0 aromatic carbocycles. The highest BCUT2D eigenvalue weighted by atomic mass is 15.4. The van der Waals surface area contributed by atoms with E-state index >= 15 is 0 Å². The van der Waals surface area contributed by atoms with Crippen LogP contribution in [0.2, 0.25) is 0 Å². The van der Waals surface area contributed by atoms with E-state index in [-0.39, 0.29) is 0 Å². The molecule has 0 aromatic rings. The second-order valence-corrected chi connectivity index (χ2v) is 15.0. The van der Waals surface area contributed by atoms with Crippen LogP contribution in [0.3, 0.4) is 0 Å². The molecule has 0 aliphatic carbocycles. The Labute approximate surface area is 286 Å². The molecule has 268 valence electrons. The van der Waals surface area contributed by atoms with Crippen molar-refractivity contribution < 1.29 is 0 Å². The molecule has 45 heavy (non-hydrogen) atoms. The molecular weight excluding hydrogens is 544 g/mol. The molecule has 0 bridgehead atoms. The minimum absolute atomic E-state index is 0.638. The molecule has 0 radical (unpaired) electrons. The summed E-state index contributed by atoms with van der Waals surface area (Å²) in [6.45, 7) is 9.49.